The number of thioether (sulfide) groups is 1. The van der Waals surface area contributed by atoms with E-state index in [9.17, 15) is 0 Å². The molecule has 0 aliphatic heterocycles. The lowest BCUT2D eigenvalue weighted by Gasteiger charge is -2.18. The van der Waals surface area contributed by atoms with Gasteiger partial charge in [0, 0.05) is 30.1 Å². The van der Waals surface area contributed by atoms with E-state index in [2.05, 4.69) is 27.9 Å². The van der Waals surface area contributed by atoms with Gasteiger partial charge in [0.1, 0.15) is 5.82 Å². The Morgan fingerprint density at radius 3 is 2.85 bits per heavy atom. The van der Waals surface area contributed by atoms with Crippen LogP contribution in [-0.2, 0) is 7.05 Å². The Balaban J connectivity index is 2.05. The largest absolute Gasteiger partial charge is 0.337 e. The fourth-order valence-corrected chi connectivity index (χ4v) is 3.28. The minimum atomic E-state index is 0.233. The second-order valence-electron chi connectivity index (χ2n) is 4.64. The van der Waals surface area contributed by atoms with E-state index in [0.717, 1.165) is 34.5 Å². The Morgan fingerprint density at radius 1 is 1.40 bits per heavy atom. The fourth-order valence-electron chi connectivity index (χ4n) is 1.99. The number of benzene rings is 1. The molecule has 1 N–H and O–H groups in total. The zero-order valence-corrected chi connectivity index (χ0v) is 13.4. The van der Waals surface area contributed by atoms with Crippen molar-refractivity contribution >= 4 is 23.4 Å². The van der Waals surface area contributed by atoms with E-state index in [1.165, 1.54) is 0 Å². The normalized spacial score (nSPS) is 12.6. The Kier molecular flexibility index (Phi) is 5.95. The zero-order chi connectivity index (χ0) is 14.4. The monoisotopic (exact) mass is 309 g/mol. The minimum absolute atomic E-state index is 0.233. The molecule has 2 rings (SSSR count). The van der Waals surface area contributed by atoms with Crippen LogP contribution in [0.5, 0.6) is 0 Å². The second-order valence-corrected chi connectivity index (χ2v) is 6.11. The van der Waals surface area contributed by atoms with E-state index in [-0.39, 0.29) is 6.04 Å². The van der Waals surface area contributed by atoms with Crippen molar-refractivity contribution in [3.63, 3.8) is 0 Å². The number of nitrogens with one attached hydrogen (secondary N) is 1. The molecular weight excluding hydrogens is 290 g/mol. The van der Waals surface area contributed by atoms with Gasteiger partial charge in [-0.15, -0.1) is 11.8 Å². The Labute approximate surface area is 129 Å². The number of nitrogens with zero attached hydrogens (tertiary/aromatic N) is 2. The highest BCUT2D eigenvalue weighted by Gasteiger charge is 2.16. The molecule has 0 bridgehead atoms. The molecule has 1 unspecified atom stereocenters. The highest BCUT2D eigenvalue weighted by molar-refractivity contribution is 7.99. The van der Waals surface area contributed by atoms with Crippen LogP contribution in [0.1, 0.15) is 25.2 Å². The van der Waals surface area contributed by atoms with Crippen LogP contribution in [0, 0.1) is 0 Å². The molecule has 0 amide bonds. The van der Waals surface area contributed by atoms with Crippen molar-refractivity contribution in [2.45, 2.75) is 24.3 Å². The number of halogens is 1. The maximum absolute atomic E-state index is 6.21. The van der Waals surface area contributed by atoms with Crippen molar-refractivity contribution in [3.8, 4) is 0 Å². The van der Waals surface area contributed by atoms with Crippen molar-refractivity contribution in [3.05, 3.63) is 47.5 Å². The first-order valence-corrected chi connectivity index (χ1v) is 8.16. The number of imidazole rings is 1. The average Bonchev–Trinajstić information content (AvgIpc) is 2.87. The molecule has 3 nitrogen and oxygen atoms in total. The van der Waals surface area contributed by atoms with E-state index in [1.807, 2.05) is 37.6 Å². The van der Waals surface area contributed by atoms with Gasteiger partial charge in [0.05, 0.1) is 11.1 Å². The molecule has 108 valence electrons. The molecule has 0 spiro atoms. The predicted molar refractivity (Wildman–Crippen MR) is 86.4 cm³/mol. The lowest BCUT2D eigenvalue weighted by atomic mass is 10.3. The summed E-state index contributed by atoms with van der Waals surface area (Å²) in [6, 6.07) is 8.19. The summed E-state index contributed by atoms with van der Waals surface area (Å²) in [7, 11) is 2.03. The lowest BCUT2D eigenvalue weighted by molar-refractivity contribution is 0.535. The fraction of sp³-hybridized carbons (Fsp3) is 0.400. The molecule has 0 fully saturated rings. The van der Waals surface area contributed by atoms with Gasteiger partial charge in [-0.05, 0) is 25.1 Å². The molecule has 0 radical (unpaired) electrons. The SMILES string of the molecule is CCCNC(CSc1ccccc1Cl)c1nccn1C. The van der Waals surface area contributed by atoms with E-state index >= 15 is 0 Å². The van der Waals surface area contributed by atoms with Crippen LogP contribution in [0.15, 0.2) is 41.6 Å². The van der Waals surface area contributed by atoms with Gasteiger partial charge < -0.3 is 9.88 Å². The topological polar surface area (TPSA) is 29.9 Å². The Bertz CT molecular complexity index is 541. The Morgan fingerprint density at radius 2 is 2.20 bits per heavy atom. The van der Waals surface area contributed by atoms with Gasteiger partial charge in [0.15, 0.2) is 0 Å². The number of hydrogen-bond acceptors (Lipinski definition) is 3. The summed E-state index contributed by atoms with van der Waals surface area (Å²) in [6.45, 7) is 3.16. The standard InChI is InChI=1S/C15H20ClN3S/c1-3-8-17-13(15-18-9-10-19(15)2)11-20-14-7-5-4-6-12(14)16/h4-7,9-10,13,17H,3,8,11H2,1-2H3. The van der Waals surface area contributed by atoms with E-state index < -0.39 is 0 Å². The smallest absolute Gasteiger partial charge is 0.126 e. The van der Waals surface area contributed by atoms with Crippen molar-refractivity contribution in [2.24, 2.45) is 7.05 Å². The first-order chi connectivity index (χ1) is 9.72. The van der Waals surface area contributed by atoms with Gasteiger partial charge in [0.2, 0.25) is 0 Å². The molecule has 5 heteroatoms. The summed E-state index contributed by atoms with van der Waals surface area (Å²) < 4.78 is 2.07. The molecule has 0 saturated carbocycles. The molecule has 0 aliphatic rings. The van der Waals surface area contributed by atoms with Crippen molar-refractivity contribution < 1.29 is 0 Å². The Hall–Kier alpha value is -0.970. The molecule has 0 aliphatic carbocycles. The van der Waals surface area contributed by atoms with Crippen LogP contribution in [0.4, 0.5) is 0 Å². The van der Waals surface area contributed by atoms with Gasteiger partial charge in [-0.25, -0.2) is 4.98 Å². The highest BCUT2D eigenvalue weighted by atomic mass is 35.5. The minimum Gasteiger partial charge on any atom is -0.337 e. The third-order valence-corrected chi connectivity index (χ3v) is 4.66. The molecule has 20 heavy (non-hydrogen) atoms. The third-order valence-electron chi connectivity index (χ3n) is 3.05. The summed E-state index contributed by atoms with van der Waals surface area (Å²) in [5.74, 6) is 1.98. The number of aryl methyl sites for hydroxylation is 1. The second kappa shape index (κ2) is 7.72. The van der Waals surface area contributed by atoms with E-state index in [4.69, 9.17) is 11.6 Å². The molecule has 1 aromatic heterocycles. The molecule has 0 saturated heterocycles. The molecule has 2 aromatic rings. The molecule has 1 atom stereocenters. The van der Waals surface area contributed by atoms with E-state index in [0.29, 0.717) is 0 Å². The molecule has 1 heterocycles. The summed E-state index contributed by atoms with van der Waals surface area (Å²) in [5.41, 5.74) is 0. The lowest BCUT2D eigenvalue weighted by Crippen LogP contribution is -2.26. The summed E-state index contributed by atoms with van der Waals surface area (Å²) in [5, 5.41) is 4.37. The van der Waals surface area contributed by atoms with Gasteiger partial charge in [-0.1, -0.05) is 30.7 Å². The summed E-state index contributed by atoms with van der Waals surface area (Å²) >= 11 is 7.97. The molecular formula is C15H20ClN3S. The van der Waals surface area contributed by atoms with Crippen molar-refractivity contribution in [1.82, 2.24) is 14.9 Å². The number of hydrogen-bond donors (Lipinski definition) is 1. The van der Waals surface area contributed by atoms with Crippen LogP contribution in [0.2, 0.25) is 5.02 Å². The van der Waals surface area contributed by atoms with Gasteiger partial charge >= 0.3 is 0 Å². The summed E-state index contributed by atoms with van der Waals surface area (Å²) in [4.78, 5) is 5.58. The van der Waals surface area contributed by atoms with Gasteiger partial charge in [-0.2, -0.15) is 0 Å². The van der Waals surface area contributed by atoms with Crippen LogP contribution in [-0.4, -0.2) is 21.8 Å². The molecule has 1 aromatic carbocycles. The zero-order valence-electron chi connectivity index (χ0n) is 11.8. The average molecular weight is 310 g/mol. The first-order valence-electron chi connectivity index (χ1n) is 6.80. The van der Waals surface area contributed by atoms with E-state index in [1.54, 1.807) is 11.8 Å². The first kappa shape index (κ1) is 15.4. The highest BCUT2D eigenvalue weighted by Crippen LogP contribution is 2.29. The van der Waals surface area contributed by atoms with Gasteiger partial charge in [-0.3, -0.25) is 0 Å². The maximum Gasteiger partial charge on any atom is 0.126 e. The maximum atomic E-state index is 6.21. The van der Waals surface area contributed by atoms with Crippen molar-refractivity contribution in [1.29, 1.82) is 0 Å². The predicted octanol–water partition coefficient (Wildman–Crippen LogP) is 3.91. The van der Waals surface area contributed by atoms with Crippen LogP contribution in [0.25, 0.3) is 0 Å². The number of rotatable bonds is 7. The van der Waals surface area contributed by atoms with Crippen molar-refractivity contribution in [2.75, 3.05) is 12.3 Å². The quantitative estimate of drug-likeness (QED) is 0.787. The third kappa shape index (κ3) is 4.01. The van der Waals surface area contributed by atoms with Crippen LogP contribution in [0.3, 0.4) is 0 Å². The van der Waals surface area contributed by atoms with Gasteiger partial charge in [0.25, 0.3) is 0 Å². The number of aromatic nitrogens is 2. The summed E-state index contributed by atoms with van der Waals surface area (Å²) in [6.07, 6.45) is 4.93. The van der Waals surface area contributed by atoms with Crippen LogP contribution < -0.4 is 5.32 Å². The van der Waals surface area contributed by atoms with Crippen LogP contribution >= 0.6 is 23.4 Å².